The van der Waals surface area contributed by atoms with E-state index in [1.807, 2.05) is 0 Å². The molecule has 0 radical (unpaired) electrons. The van der Waals surface area contributed by atoms with Crippen molar-refractivity contribution in [1.29, 1.82) is 0 Å². The number of ether oxygens (including phenoxy) is 1. The maximum absolute atomic E-state index is 12.7. The average Bonchev–Trinajstić information content (AvgIpc) is 2.95. The van der Waals surface area contributed by atoms with Crippen LogP contribution in [0.2, 0.25) is 5.02 Å². The molecule has 8 heteroatoms. The molecule has 1 aromatic rings. The summed E-state index contributed by atoms with van der Waals surface area (Å²) in [5, 5.41) is 0.524. The van der Waals surface area contributed by atoms with Crippen molar-refractivity contribution < 1.29 is 14.3 Å². The molecule has 3 rings (SSSR count). The highest BCUT2D eigenvalue weighted by Crippen LogP contribution is 2.35. The lowest BCUT2D eigenvalue weighted by atomic mass is 10.0. The van der Waals surface area contributed by atoms with E-state index < -0.39 is 0 Å². The number of amides is 2. The minimum atomic E-state index is -0.341. The van der Waals surface area contributed by atoms with Crippen LogP contribution in [0.4, 0.5) is 5.69 Å². The van der Waals surface area contributed by atoms with E-state index in [0.29, 0.717) is 29.5 Å². The number of anilines is 1. The summed E-state index contributed by atoms with van der Waals surface area (Å²) in [6.45, 7) is 1.64. The van der Waals surface area contributed by atoms with Crippen molar-refractivity contribution in [3.8, 4) is 5.75 Å². The van der Waals surface area contributed by atoms with Gasteiger partial charge >= 0.3 is 0 Å². The lowest BCUT2D eigenvalue weighted by Crippen LogP contribution is -2.48. The van der Waals surface area contributed by atoms with Crippen molar-refractivity contribution in [2.45, 2.75) is 25.3 Å². The van der Waals surface area contributed by atoms with Gasteiger partial charge in [0.25, 0.3) is 0 Å². The Kier molecular flexibility index (Phi) is 6.54. The largest absolute Gasteiger partial charge is 0.495 e. The molecule has 138 valence electrons. The fraction of sp³-hybridized carbons (Fsp3) is 0.529. The zero-order valence-electron chi connectivity index (χ0n) is 14.1. The van der Waals surface area contributed by atoms with Crippen LogP contribution >= 0.6 is 24.0 Å². The standard InChI is InChI=1S/C17H22ClN3O3.ClH/c1-24-15-5-4-12(18)8-14(15)21-9-11(7-16(21)22)17(23)20-6-2-3-13(19)10-20;/h4-5,8,11,13H,2-3,6-7,9-10,19H2,1H3;1H. The van der Waals surface area contributed by atoms with Gasteiger partial charge in [-0.05, 0) is 31.0 Å². The van der Waals surface area contributed by atoms with Crippen LogP contribution in [0.25, 0.3) is 0 Å². The number of likely N-dealkylation sites (tertiary alicyclic amines) is 1. The number of hydrogen-bond acceptors (Lipinski definition) is 4. The average molecular weight is 388 g/mol. The quantitative estimate of drug-likeness (QED) is 0.860. The third kappa shape index (κ3) is 4.19. The second-order valence-electron chi connectivity index (χ2n) is 6.41. The van der Waals surface area contributed by atoms with Crippen LogP contribution in [0.15, 0.2) is 18.2 Å². The lowest BCUT2D eigenvalue weighted by molar-refractivity contribution is -0.136. The Labute approximate surface area is 158 Å². The maximum Gasteiger partial charge on any atom is 0.228 e. The molecule has 2 N–H and O–H groups in total. The van der Waals surface area contributed by atoms with E-state index in [1.54, 1.807) is 35.1 Å². The molecular weight excluding hydrogens is 365 g/mol. The van der Waals surface area contributed by atoms with Gasteiger partial charge in [0.1, 0.15) is 5.75 Å². The molecule has 2 amide bonds. The summed E-state index contributed by atoms with van der Waals surface area (Å²) < 4.78 is 5.32. The summed E-state index contributed by atoms with van der Waals surface area (Å²) in [6, 6.07) is 5.16. The van der Waals surface area contributed by atoms with E-state index in [-0.39, 0.29) is 42.6 Å². The summed E-state index contributed by atoms with van der Waals surface area (Å²) in [5.41, 5.74) is 6.57. The van der Waals surface area contributed by atoms with E-state index >= 15 is 0 Å². The smallest absolute Gasteiger partial charge is 0.228 e. The minimum Gasteiger partial charge on any atom is -0.495 e. The first kappa shape index (κ1) is 19.8. The Bertz CT molecular complexity index is 656. The SMILES string of the molecule is COc1ccc(Cl)cc1N1CC(C(=O)N2CCCC(N)C2)CC1=O.Cl. The molecule has 2 aliphatic heterocycles. The summed E-state index contributed by atoms with van der Waals surface area (Å²) in [7, 11) is 1.55. The highest BCUT2D eigenvalue weighted by atomic mass is 35.5. The van der Waals surface area contributed by atoms with Crippen LogP contribution in [-0.4, -0.2) is 49.5 Å². The number of hydrogen-bond donors (Lipinski definition) is 1. The van der Waals surface area contributed by atoms with Gasteiger partial charge in [-0.25, -0.2) is 0 Å². The first-order chi connectivity index (χ1) is 11.5. The highest BCUT2D eigenvalue weighted by Gasteiger charge is 2.39. The molecule has 6 nitrogen and oxygen atoms in total. The Morgan fingerprint density at radius 3 is 2.80 bits per heavy atom. The van der Waals surface area contributed by atoms with E-state index in [2.05, 4.69) is 0 Å². The van der Waals surface area contributed by atoms with Gasteiger partial charge in [0.2, 0.25) is 11.8 Å². The second kappa shape index (κ2) is 8.25. The summed E-state index contributed by atoms with van der Waals surface area (Å²) in [5.74, 6) is 0.157. The zero-order valence-corrected chi connectivity index (χ0v) is 15.7. The van der Waals surface area contributed by atoms with Crippen molar-refractivity contribution in [1.82, 2.24) is 4.90 Å². The fourth-order valence-electron chi connectivity index (χ4n) is 3.45. The minimum absolute atomic E-state index is 0. The van der Waals surface area contributed by atoms with Gasteiger partial charge in [-0.2, -0.15) is 0 Å². The topological polar surface area (TPSA) is 75.9 Å². The molecule has 1 aromatic carbocycles. The van der Waals surface area contributed by atoms with Crippen molar-refractivity contribution in [2.75, 3.05) is 31.6 Å². The normalized spacial score (nSPS) is 23.4. The van der Waals surface area contributed by atoms with Crippen LogP contribution < -0.4 is 15.4 Å². The molecule has 25 heavy (non-hydrogen) atoms. The molecule has 2 saturated heterocycles. The molecular formula is C17H23Cl2N3O3. The third-order valence-electron chi connectivity index (χ3n) is 4.68. The molecule has 0 aliphatic carbocycles. The number of methoxy groups -OCH3 is 1. The van der Waals surface area contributed by atoms with Crippen molar-refractivity contribution in [3.05, 3.63) is 23.2 Å². The number of benzene rings is 1. The predicted molar refractivity (Wildman–Crippen MR) is 99.5 cm³/mol. The Morgan fingerprint density at radius 1 is 1.36 bits per heavy atom. The predicted octanol–water partition coefficient (Wildman–Crippen LogP) is 2.07. The number of piperidine rings is 1. The highest BCUT2D eigenvalue weighted by molar-refractivity contribution is 6.31. The molecule has 2 heterocycles. The van der Waals surface area contributed by atoms with Crippen molar-refractivity contribution in [2.24, 2.45) is 11.7 Å². The molecule has 0 bridgehead atoms. The number of nitrogens with zero attached hydrogens (tertiary/aromatic N) is 2. The van der Waals surface area contributed by atoms with Gasteiger partial charge in [-0.15, -0.1) is 12.4 Å². The van der Waals surface area contributed by atoms with Crippen molar-refractivity contribution >= 4 is 41.5 Å². The molecule has 2 aliphatic rings. The monoisotopic (exact) mass is 387 g/mol. The molecule has 0 spiro atoms. The van der Waals surface area contributed by atoms with Crippen LogP contribution in [0.1, 0.15) is 19.3 Å². The molecule has 2 atom stereocenters. The van der Waals surface area contributed by atoms with Crippen LogP contribution in [0.3, 0.4) is 0 Å². The first-order valence-corrected chi connectivity index (χ1v) is 8.55. The van der Waals surface area contributed by atoms with E-state index in [4.69, 9.17) is 22.1 Å². The molecule has 2 unspecified atom stereocenters. The number of rotatable bonds is 3. The number of carbonyl (C=O) groups is 2. The van der Waals surface area contributed by atoms with Crippen molar-refractivity contribution in [3.63, 3.8) is 0 Å². The Hall–Kier alpha value is -1.50. The number of nitrogens with two attached hydrogens (primary N) is 1. The maximum atomic E-state index is 12.7. The first-order valence-electron chi connectivity index (χ1n) is 8.18. The zero-order chi connectivity index (χ0) is 17.3. The van der Waals surface area contributed by atoms with Crippen LogP contribution in [-0.2, 0) is 9.59 Å². The van der Waals surface area contributed by atoms with E-state index in [1.165, 1.54) is 0 Å². The second-order valence-corrected chi connectivity index (χ2v) is 6.84. The van der Waals surface area contributed by atoms with Crippen LogP contribution in [0.5, 0.6) is 5.75 Å². The van der Waals surface area contributed by atoms with E-state index in [9.17, 15) is 9.59 Å². The van der Waals surface area contributed by atoms with Gasteiger partial charge in [-0.1, -0.05) is 11.6 Å². The van der Waals surface area contributed by atoms with Gasteiger partial charge in [-0.3, -0.25) is 9.59 Å². The summed E-state index contributed by atoms with van der Waals surface area (Å²) in [6.07, 6.45) is 2.07. The lowest BCUT2D eigenvalue weighted by Gasteiger charge is -2.32. The fourth-order valence-corrected chi connectivity index (χ4v) is 3.61. The Balaban J connectivity index is 0.00000225. The van der Waals surface area contributed by atoms with E-state index in [0.717, 1.165) is 19.4 Å². The van der Waals surface area contributed by atoms with Gasteiger partial charge < -0.3 is 20.3 Å². The summed E-state index contributed by atoms with van der Waals surface area (Å²) >= 11 is 6.05. The Morgan fingerprint density at radius 2 is 2.12 bits per heavy atom. The third-order valence-corrected chi connectivity index (χ3v) is 4.91. The van der Waals surface area contributed by atoms with Gasteiger partial charge in [0.05, 0.1) is 18.7 Å². The molecule has 0 saturated carbocycles. The molecule has 2 fully saturated rings. The van der Waals surface area contributed by atoms with Crippen LogP contribution in [0, 0.1) is 5.92 Å². The molecule has 0 aromatic heterocycles. The number of carbonyl (C=O) groups excluding carboxylic acids is 2. The van der Waals surface area contributed by atoms with Gasteiger partial charge in [0, 0.05) is 37.1 Å². The van der Waals surface area contributed by atoms with Gasteiger partial charge in [0.15, 0.2) is 0 Å². The number of halogens is 2. The summed E-state index contributed by atoms with van der Waals surface area (Å²) in [4.78, 5) is 28.6.